The maximum Gasteiger partial charge on any atom is 0.165 e. The smallest absolute Gasteiger partial charge is 0.165 e. The summed E-state index contributed by atoms with van der Waals surface area (Å²) in [5.74, 6) is 5.10. The predicted molar refractivity (Wildman–Crippen MR) is 77.9 cm³/mol. The SMILES string of the molecule is COc1ccc(CC(Cc2ccc(F)cc2)NN)cc1F. The maximum atomic E-state index is 13.7. The van der Waals surface area contributed by atoms with E-state index in [1.54, 1.807) is 24.3 Å². The molecular weight excluding hydrogens is 274 g/mol. The summed E-state index contributed by atoms with van der Waals surface area (Å²) in [5, 5.41) is 0. The zero-order valence-electron chi connectivity index (χ0n) is 11.8. The molecule has 0 saturated heterocycles. The molecule has 0 heterocycles. The van der Waals surface area contributed by atoms with Crippen LogP contribution in [0.3, 0.4) is 0 Å². The van der Waals surface area contributed by atoms with Gasteiger partial charge in [0, 0.05) is 6.04 Å². The van der Waals surface area contributed by atoms with Crippen LogP contribution >= 0.6 is 0 Å². The van der Waals surface area contributed by atoms with Gasteiger partial charge in [0.25, 0.3) is 0 Å². The molecule has 0 aliphatic rings. The second kappa shape index (κ2) is 7.15. The molecular formula is C16H18F2N2O. The van der Waals surface area contributed by atoms with Crippen LogP contribution in [0.2, 0.25) is 0 Å². The third-order valence-electron chi connectivity index (χ3n) is 3.33. The van der Waals surface area contributed by atoms with E-state index in [1.165, 1.54) is 25.3 Å². The second-order valence-electron chi connectivity index (χ2n) is 4.87. The molecule has 3 nitrogen and oxygen atoms in total. The monoisotopic (exact) mass is 292 g/mol. The summed E-state index contributed by atoms with van der Waals surface area (Å²) < 4.78 is 31.4. The zero-order chi connectivity index (χ0) is 15.2. The Morgan fingerprint density at radius 2 is 1.67 bits per heavy atom. The number of nitrogens with two attached hydrogens (primary N) is 1. The van der Waals surface area contributed by atoms with E-state index in [2.05, 4.69) is 5.43 Å². The van der Waals surface area contributed by atoms with Crippen molar-refractivity contribution in [3.63, 3.8) is 0 Å². The highest BCUT2D eigenvalue weighted by atomic mass is 19.1. The first-order valence-electron chi connectivity index (χ1n) is 6.65. The fourth-order valence-corrected chi connectivity index (χ4v) is 2.22. The van der Waals surface area contributed by atoms with E-state index in [0.29, 0.717) is 12.8 Å². The van der Waals surface area contributed by atoms with E-state index >= 15 is 0 Å². The zero-order valence-corrected chi connectivity index (χ0v) is 11.8. The predicted octanol–water partition coefficient (Wildman–Crippen LogP) is 2.59. The Labute approximate surface area is 122 Å². The highest BCUT2D eigenvalue weighted by molar-refractivity contribution is 5.30. The van der Waals surface area contributed by atoms with Crippen molar-refractivity contribution in [1.82, 2.24) is 5.43 Å². The van der Waals surface area contributed by atoms with E-state index in [-0.39, 0.29) is 17.6 Å². The fourth-order valence-electron chi connectivity index (χ4n) is 2.22. The number of hydrogen-bond acceptors (Lipinski definition) is 3. The van der Waals surface area contributed by atoms with Crippen LogP contribution in [-0.2, 0) is 12.8 Å². The summed E-state index contributed by atoms with van der Waals surface area (Å²) in [7, 11) is 1.43. The third-order valence-corrected chi connectivity index (χ3v) is 3.33. The van der Waals surface area contributed by atoms with E-state index in [4.69, 9.17) is 10.6 Å². The van der Waals surface area contributed by atoms with Gasteiger partial charge in [0.15, 0.2) is 11.6 Å². The largest absolute Gasteiger partial charge is 0.494 e. The third kappa shape index (κ3) is 4.24. The number of nitrogens with one attached hydrogen (secondary N) is 1. The van der Waals surface area contributed by atoms with Gasteiger partial charge in [-0.25, -0.2) is 8.78 Å². The van der Waals surface area contributed by atoms with Gasteiger partial charge in [0.2, 0.25) is 0 Å². The van der Waals surface area contributed by atoms with Gasteiger partial charge in [-0.1, -0.05) is 18.2 Å². The molecule has 112 valence electrons. The Hall–Kier alpha value is -1.98. The summed E-state index contributed by atoms with van der Waals surface area (Å²) in [4.78, 5) is 0. The Balaban J connectivity index is 2.05. The lowest BCUT2D eigenvalue weighted by Gasteiger charge is -2.16. The van der Waals surface area contributed by atoms with Crippen molar-refractivity contribution in [2.75, 3.05) is 7.11 Å². The van der Waals surface area contributed by atoms with Crippen molar-refractivity contribution in [1.29, 1.82) is 0 Å². The van der Waals surface area contributed by atoms with Crippen LogP contribution in [-0.4, -0.2) is 13.2 Å². The first-order valence-corrected chi connectivity index (χ1v) is 6.65. The summed E-state index contributed by atoms with van der Waals surface area (Å²) in [6.07, 6.45) is 1.19. The Morgan fingerprint density at radius 1 is 1.05 bits per heavy atom. The molecule has 3 N–H and O–H groups in total. The number of ether oxygens (including phenoxy) is 1. The number of hydrazine groups is 1. The standard InChI is InChI=1S/C16H18F2N2O/c1-21-16-7-4-12(10-15(16)18)9-14(20-19)8-11-2-5-13(17)6-3-11/h2-7,10,14,20H,8-9,19H2,1H3. The van der Waals surface area contributed by atoms with Crippen LogP contribution in [0.4, 0.5) is 8.78 Å². The van der Waals surface area contributed by atoms with Crippen LogP contribution in [0.1, 0.15) is 11.1 Å². The number of methoxy groups -OCH3 is 1. The average Bonchev–Trinajstić information content (AvgIpc) is 2.49. The van der Waals surface area contributed by atoms with Crippen LogP contribution in [0, 0.1) is 11.6 Å². The lowest BCUT2D eigenvalue weighted by atomic mass is 9.99. The molecule has 0 amide bonds. The summed E-state index contributed by atoms with van der Waals surface area (Å²) in [6, 6.07) is 11.0. The second-order valence-corrected chi connectivity index (χ2v) is 4.87. The molecule has 0 saturated carbocycles. The molecule has 0 aromatic heterocycles. The highest BCUT2D eigenvalue weighted by Crippen LogP contribution is 2.19. The van der Waals surface area contributed by atoms with E-state index in [1.807, 2.05) is 0 Å². The molecule has 1 atom stereocenters. The Kier molecular flexibility index (Phi) is 5.25. The summed E-state index contributed by atoms with van der Waals surface area (Å²) >= 11 is 0. The minimum absolute atomic E-state index is 0.0664. The van der Waals surface area contributed by atoms with Crippen molar-refractivity contribution < 1.29 is 13.5 Å². The molecule has 0 fully saturated rings. The molecule has 0 bridgehead atoms. The summed E-state index contributed by atoms with van der Waals surface area (Å²) in [5.41, 5.74) is 4.50. The fraction of sp³-hybridized carbons (Fsp3) is 0.250. The van der Waals surface area contributed by atoms with E-state index in [9.17, 15) is 8.78 Å². The van der Waals surface area contributed by atoms with Crippen molar-refractivity contribution in [3.05, 3.63) is 65.2 Å². The number of halogens is 2. The molecule has 0 aliphatic heterocycles. The maximum absolute atomic E-state index is 13.7. The Bertz CT molecular complexity index is 587. The molecule has 0 aliphatic carbocycles. The van der Waals surface area contributed by atoms with Crippen LogP contribution in [0.25, 0.3) is 0 Å². The van der Waals surface area contributed by atoms with Gasteiger partial charge < -0.3 is 4.74 Å². The Morgan fingerprint density at radius 3 is 2.24 bits per heavy atom. The molecule has 0 spiro atoms. The van der Waals surface area contributed by atoms with Crippen molar-refractivity contribution in [3.8, 4) is 5.75 Å². The first kappa shape index (κ1) is 15.4. The first-order chi connectivity index (χ1) is 10.1. The lowest BCUT2D eigenvalue weighted by molar-refractivity contribution is 0.386. The molecule has 1 unspecified atom stereocenters. The van der Waals surface area contributed by atoms with Gasteiger partial charge in [-0.15, -0.1) is 0 Å². The topological polar surface area (TPSA) is 47.3 Å². The van der Waals surface area contributed by atoms with Crippen LogP contribution in [0.15, 0.2) is 42.5 Å². The molecule has 2 rings (SSSR count). The average molecular weight is 292 g/mol. The molecule has 5 heteroatoms. The van der Waals surface area contributed by atoms with Crippen LogP contribution in [0.5, 0.6) is 5.75 Å². The van der Waals surface area contributed by atoms with Gasteiger partial charge in [0.1, 0.15) is 5.82 Å². The minimum Gasteiger partial charge on any atom is -0.494 e. The van der Waals surface area contributed by atoms with Crippen molar-refractivity contribution in [2.45, 2.75) is 18.9 Å². The highest BCUT2D eigenvalue weighted by Gasteiger charge is 2.11. The summed E-state index contributed by atoms with van der Waals surface area (Å²) in [6.45, 7) is 0. The molecule has 2 aromatic carbocycles. The lowest BCUT2D eigenvalue weighted by Crippen LogP contribution is -2.38. The number of hydrogen-bond donors (Lipinski definition) is 2. The molecule has 2 aromatic rings. The quantitative estimate of drug-likeness (QED) is 0.635. The van der Waals surface area contributed by atoms with Crippen molar-refractivity contribution in [2.24, 2.45) is 5.84 Å². The van der Waals surface area contributed by atoms with E-state index < -0.39 is 5.82 Å². The van der Waals surface area contributed by atoms with E-state index in [0.717, 1.165) is 11.1 Å². The van der Waals surface area contributed by atoms with Gasteiger partial charge in [-0.3, -0.25) is 11.3 Å². The van der Waals surface area contributed by atoms with Gasteiger partial charge >= 0.3 is 0 Å². The van der Waals surface area contributed by atoms with Crippen LogP contribution < -0.4 is 16.0 Å². The minimum atomic E-state index is -0.396. The van der Waals surface area contributed by atoms with Gasteiger partial charge in [-0.05, 0) is 48.2 Å². The normalized spacial score (nSPS) is 12.2. The van der Waals surface area contributed by atoms with Gasteiger partial charge in [0.05, 0.1) is 7.11 Å². The van der Waals surface area contributed by atoms with Crippen molar-refractivity contribution >= 4 is 0 Å². The number of benzene rings is 2. The molecule has 21 heavy (non-hydrogen) atoms. The number of rotatable bonds is 6. The molecule has 0 radical (unpaired) electrons. The van der Waals surface area contributed by atoms with Gasteiger partial charge in [-0.2, -0.15) is 0 Å².